The molecule has 0 atom stereocenters. The van der Waals surface area contributed by atoms with Gasteiger partial charge in [-0.1, -0.05) is 5.16 Å². The molecule has 1 aliphatic heterocycles. The summed E-state index contributed by atoms with van der Waals surface area (Å²) in [6.07, 6.45) is 1.48. The van der Waals surface area contributed by atoms with Gasteiger partial charge in [0, 0.05) is 13.1 Å². The van der Waals surface area contributed by atoms with Crippen molar-refractivity contribution in [1.29, 1.82) is 0 Å². The number of oxime groups is 1. The molecule has 1 amide bonds. The summed E-state index contributed by atoms with van der Waals surface area (Å²) in [4.78, 5) is 19.2. The van der Waals surface area contributed by atoms with Crippen LogP contribution in [0.2, 0.25) is 0 Å². The Labute approximate surface area is 173 Å². The number of nitrogens with zero attached hydrogens (tertiary/aromatic N) is 2. The Morgan fingerprint density at radius 3 is 2.48 bits per heavy atom. The van der Waals surface area contributed by atoms with Crippen LogP contribution in [0, 0.1) is 6.92 Å². The lowest BCUT2D eigenvalue weighted by atomic mass is 10.1. The Morgan fingerprint density at radius 1 is 1.21 bits per heavy atom. The van der Waals surface area contributed by atoms with Crippen LogP contribution in [0.25, 0.3) is 0 Å². The molecule has 1 aromatic rings. The quantitative estimate of drug-likeness (QED) is 0.386. The molecule has 7 heteroatoms. The van der Waals surface area contributed by atoms with Gasteiger partial charge in [0.25, 0.3) is 0 Å². The average Bonchev–Trinajstić information content (AvgIpc) is 2.66. The van der Waals surface area contributed by atoms with Crippen molar-refractivity contribution in [2.75, 3.05) is 33.4 Å². The van der Waals surface area contributed by atoms with Crippen molar-refractivity contribution < 1.29 is 23.8 Å². The number of likely N-dealkylation sites (tertiary alicyclic amines) is 1. The monoisotopic (exact) mass is 406 g/mol. The molecule has 1 aromatic carbocycles. The molecule has 0 bridgehead atoms. The Kier molecular flexibility index (Phi) is 8.32. The molecule has 0 unspecified atom stereocenters. The van der Waals surface area contributed by atoms with Crippen LogP contribution in [0.5, 0.6) is 5.75 Å². The molecule has 0 spiro atoms. The van der Waals surface area contributed by atoms with Crippen LogP contribution in [-0.4, -0.2) is 61.8 Å². The predicted octanol–water partition coefficient (Wildman–Crippen LogP) is 4.16. The van der Waals surface area contributed by atoms with Gasteiger partial charge in [0.05, 0.1) is 25.5 Å². The fourth-order valence-corrected chi connectivity index (χ4v) is 3.08. The van der Waals surface area contributed by atoms with Crippen LogP contribution in [0.1, 0.15) is 51.7 Å². The summed E-state index contributed by atoms with van der Waals surface area (Å²) in [5.41, 5.74) is 2.39. The fraction of sp³-hybridized carbons (Fsp3) is 0.636. The predicted molar refractivity (Wildman–Crippen MR) is 113 cm³/mol. The molecule has 0 saturated carbocycles. The number of benzene rings is 1. The third kappa shape index (κ3) is 7.57. The molecule has 162 valence electrons. The molecule has 2 rings (SSSR count). The Morgan fingerprint density at radius 2 is 1.90 bits per heavy atom. The van der Waals surface area contributed by atoms with Crippen LogP contribution < -0.4 is 4.74 Å². The molecular weight excluding hydrogens is 372 g/mol. The molecule has 1 heterocycles. The van der Waals surface area contributed by atoms with E-state index in [2.05, 4.69) is 5.16 Å². The second-order valence-corrected chi connectivity index (χ2v) is 8.23. The van der Waals surface area contributed by atoms with E-state index in [4.69, 9.17) is 19.0 Å². The van der Waals surface area contributed by atoms with Crippen molar-refractivity contribution in [3.05, 3.63) is 29.3 Å². The highest BCUT2D eigenvalue weighted by Gasteiger charge is 2.27. The van der Waals surface area contributed by atoms with Gasteiger partial charge in [-0.3, -0.25) is 0 Å². The van der Waals surface area contributed by atoms with Gasteiger partial charge in [0.15, 0.2) is 0 Å². The highest BCUT2D eigenvalue weighted by Crippen LogP contribution is 2.19. The van der Waals surface area contributed by atoms with Gasteiger partial charge < -0.3 is 23.9 Å². The third-order valence-corrected chi connectivity index (χ3v) is 4.64. The van der Waals surface area contributed by atoms with E-state index in [0.29, 0.717) is 26.3 Å². The molecule has 0 radical (unpaired) electrons. The van der Waals surface area contributed by atoms with Gasteiger partial charge in [0.2, 0.25) is 0 Å². The van der Waals surface area contributed by atoms with Gasteiger partial charge in [-0.25, -0.2) is 4.79 Å². The number of ether oxygens (including phenoxy) is 3. The van der Waals surface area contributed by atoms with E-state index in [9.17, 15) is 4.79 Å². The summed E-state index contributed by atoms with van der Waals surface area (Å²) in [6.45, 7) is 11.7. The molecule has 0 aromatic heterocycles. The second-order valence-electron chi connectivity index (χ2n) is 8.23. The van der Waals surface area contributed by atoms with Gasteiger partial charge in [-0.15, -0.1) is 0 Å². The zero-order valence-corrected chi connectivity index (χ0v) is 18.5. The highest BCUT2D eigenvalue weighted by molar-refractivity contribution is 5.98. The normalized spacial score (nSPS) is 15.9. The van der Waals surface area contributed by atoms with E-state index in [1.165, 1.54) is 0 Å². The summed E-state index contributed by atoms with van der Waals surface area (Å²) >= 11 is 0. The summed E-state index contributed by atoms with van der Waals surface area (Å²) in [5.74, 6) is 0.855. The molecule has 1 aliphatic rings. The third-order valence-electron chi connectivity index (χ3n) is 4.64. The van der Waals surface area contributed by atoms with Crippen molar-refractivity contribution in [3.8, 4) is 5.75 Å². The van der Waals surface area contributed by atoms with Crippen LogP contribution in [0.15, 0.2) is 23.4 Å². The zero-order valence-electron chi connectivity index (χ0n) is 18.5. The molecular formula is C22H34N2O5. The lowest BCUT2D eigenvalue weighted by Gasteiger charge is -2.33. The van der Waals surface area contributed by atoms with E-state index in [0.717, 1.165) is 35.4 Å². The number of carbonyl (C=O) groups excluding carboxylic acids is 1. The lowest BCUT2D eigenvalue weighted by Crippen LogP contribution is -2.43. The van der Waals surface area contributed by atoms with Crippen molar-refractivity contribution in [1.82, 2.24) is 4.90 Å². The Bertz CT molecular complexity index is 704. The first-order chi connectivity index (χ1) is 13.7. The summed E-state index contributed by atoms with van der Waals surface area (Å²) in [7, 11) is 1.66. The van der Waals surface area contributed by atoms with Crippen molar-refractivity contribution in [2.45, 2.75) is 59.2 Å². The number of hydrogen-bond acceptors (Lipinski definition) is 6. The first-order valence-electron chi connectivity index (χ1n) is 10.1. The minimum atomic E-state index is -0.467. The van der Waals surface area contributed by atoms with Crippen LogP contribution in [0.3, 0.4) is 0 Å². The molecule has 0 N–H and O–H groups in total. The maximum Gasteiger partial charge on any atom is 0.410 e. The minimum absolute atomic E-state index is 0.131. The first kappa shape index (κ1) is 23.0. The van der Waals surface area contributed by atoms with Gasteiger partial charge in [-0.2, -0.15) is 0 Å². The van der Waals surface area contributed by atoms with E-state index in [1.807, 2.05) is 52.8 Å². The molecule has 7 nitrogen and oxygen atoms in total. The van der Waals surface area contributed by atoms with E-state index in [-0.39, 0.29) is 12.2 Å². The first-order valence-corrected chi connectivity index (χ1v) is 10.1. The second kappa shape index (κ2) is 10.5. The van der Waals surface area contributed by atoms with Crippen LogP contribution >= 0.6 is 0 Å². The van der Waals surface area contributed by atoms with Gasteiger partial charge in [-0.05, 0) is 76.8 Å². The highest BCUT2D eigenvalue weighted by atomic mass is 16.6. The Hall–Kier alpha value is -2.28. The maximum atomic E-state index is 12.1. The molecule has 0 aliphatic carbocycles. The van der Waals surface area contributed by atoms with E-state index in [1.54, 1.807) is 12.0 Å². The van der Waals surface area contributed by atoms with Gasteiger partial charge in [0.1, 0.15) is 18.0 Å². The molecule has 1 saturated heterocycles. The topological polar surface area (TPSA) is 69.6 Å². The van der Waals surface area contributed by atoms with E-state index < -0.39 is 5.60 Å². The number of amides is 1. The largest absolute Gasteiger partial charge is 0.496 e. The zero-order chi connectivity index (χ0) is 21.4. The van der Waals surface area contributed by atoms with Crippen LogP contribution in [-0.2, 0) is 14.3 Å². The maximum absolute atomic E-state index is 12.1. The fourth-order valence-electron chi connectivity index (χ4n) is 3.08. The molecule has 1 fully saturated rings. The smallest absolute Gasteiger partial charge is 0.410 e. The van der Waals surface area contributed by atoms with Crippen LogP contribution in [0.4, 0.5) is 4.79 Å². The standard InChI is InChI=1S/C22H34N2O5/c1-16-15-18(7-8-20(16)26-6)17(2)23-28-14-13-27-19-9-11-24(12-10-19)21(25)29-22(3,4)5/h7-8,15,19H,9-14H2,1-6H3. The summed E-state index contributed by atoms with van der Waals surface area (Å²) in [6, 6.07) is 5.91. The summed E-state index contributed by atoms with van der Waals surface area (Å²) < 4.78 is 16.5. The SMILES string of the molecule is COc1ccc(C(C)=NOCCOC2CCN(C(=O)OC(C)(C)C)CC2)cc1C. The van der Waals surface area contributed by atoms with Crippen molar-refractivity contribution in [3.63, 3.8) is 0 Å². The van der Waals surface area contributed by atoms with Crippen molar-refractivity contribution in [2.24, 2.45) is 5.16 Å². The number of hydrogen-bond donors (Lipinski definition) is 0. The number of piperidine rings is 1. The average molecular weight is 407 g/mol. The van der Waals surface area contributed by atoms with Crippen molar-refractivity contribution >= 4 is 11.8 Å². The van der Waals surface area contributed by atoms with E-state index >= 15 is 0 Å². The number of methoxy groups -OCH3 is 1. The number of rotatable bonds is 7. The van der Waals surface area contributed by atoms with Gasteiger partial charge >= 0.3 is 6.09 Å². The molecule has 29 heavy (non-hydrogen) atoms. The lowest BCUT2D eigenvalue weighted by molar-refractivity contribution is -0.0287. The number of aryl methyl sites for hydroxylation is 1. The Balaban J connectivity index is 1.66. The minimum Gasteiger partial charge on any atom is -0.496 e. The number of carbonyl (C=O) groups is 1. The summed E-state index contributed by atoms with van der Waals surface area (Å²) in [5, 5.41) is 4.17.